The minimum atomic E-state index is -0.287. The summed E-state index contributed by atoms with van der Waals surface area (Å²) in [6, 6.07) is 0. The fourth-order valence-corrected chi connectivity index (χ4v) is 2.80. The molecule has 0 aliphatic carbocycles. The Morgan fingerprint density at radius 3 is 1.70 bits per heavy atom. The normalized spacial score (nSPS) is 10.7. The van der Waals surface area contributed by atoms with E-state index in [1.54, 1.807) is 0 Å². The average Bonchev–Trinajstić information content (AvgIpc) is 2.56. The van der Waals surface area contributed by atoms with Gasteiger partial charge in [-0.05, 0) is 12.8 Å². The summed E-state index contributed by atoms with van der Waals surface area (Å²) in [5, 5.41) is 0. The zero-order chi connectivity index (χ0) is 17.2. The molecular formula is C19H39NO2S. The third-order valence-electron chi connectivity index (χ3n) is 4.16. The number of carbonyl (C=O) groups excluding carboxylic acids is 1. The number of carbonyl (C=O) groups is 1. The Balaban J connectivity index is 3.35. The van der Waals surface area contributed by atoms with Crippen LogP contribution in [-0.2, 0) is 4.74 Å². The van der Waals surface area contributed by atoms with E-state index in [-0.39, 0.29) is 6.09 Å². The molecule has 0 rings (SSSR count). The Kier molecular flexibility index (Phi) is 17.7. The molecule has 3 nitrogen and oxygen atoms in total. The van der Waals surface area contributed by atoms with Crippen molar-refractivity contribution in [3.63, 3.8) is 0 Å². The van der Waals surface area contributed by atoms with Gasteiger partial charge in [0.15, 0.2) is 0 Å². The van der Waals surface area contributed by atoms with Gasteiger partial charge < -0.3 is 4.74 Å². The minimum Gasteiger partial charge on any atom is -0.449 e. The highest BCUT2D eigenvalue weighted by atomic mass is 32.1. The third-order valence-corrected chi connectivity index (χ3v) is 4.52. The van der Waals surface area contributed by atoms with Crippen LogP contribution in [0.4, 0.5) is 4.79 Å². The first-order valence-electron chi connectivity index (χ1n) is 9.85. The van der Waals surface area contributed by atoms with Crippen LogP contribution in [0.25, 0.3) is 0 Å². The predicted molar refractivity (Wildman–Crippen MR) is 103 cm³/mol. The van der Waals surface area contributed by atoms with Crippen LogP contribution in [0.3, 0.4) is 0 Å². The van der Waals surface area contributed by atoms with Gasteiger partial charge in [-0.2, -0.15) is 0 Å². The lowest BCUT2D eigenvalue weighted by Gasteiger charge is -2.15. The highest BCUT2D eigenvalue weighted by Gasteiger charge is 2.10. The molecule has 0 unspecified atom stereocenters. The van der Waals surface area contributed by atoms with Crippen molar-refractivity contribution in [3.8, 4) is 0 Å². The van der Waals surface area contributed by atoms with Crippen LogP contribution < -0.4 is 0 Å². The molecule has 0 aliphatic rings. The zero-order valence-corrected chi connectivity index (χ0v) is 16.4. The van der Waals surface area contributed by atoms with Crippen LogP contribution in [0.2, 0.25) is 0 Å². The Morgan fingerprint density at radius 1 is 0.739 bits per heavy atom. The maximum absolute atomic E-state index is 11.7. The van der Waals surface area contributed by atoms with Gasteiger partial charge in [-0.3, -0.25) is 4.31 Å². The summed E-state index contributed by atoms with van der Waals surface area (Å²) in [5.41, 5.74) is 0. The SMILES string of the molecule is CCCCCCCCCOC(=O)N(S)CCCCCCCCC. The lowest BCUT2D eigenvalue weighted by atomic mass is 10.1. The Hall–Kier alpha value is -0.380. The van der Waals surface area contributed by atoms with E-state index in [9.17, 15) is 4.79 Å². The molecule has 0 aromatic heterocycles. The predicted octanol–water partition coefficient (Wildman–Crippen LogP) is 6.77. The van der Waals surface area contributed by atoms with Gasteiger partial charge in [0, 0.05) is 6.54 Å². The molecule has 0 aromatic rings. The largest absolute Gasteiger partial charge is 0.449 e. The van der Waals surface area contributed by atoms with Crippen molar-refractivity contribution >= 4 is 18.9 Å². The lowest BCUT2D eigenvalue weighted by Crippen LogP contribution is -2.24. The molecule has 0 saturated carbocycles. The number of thiol groups is 1. The summed E-state index contributed by atoms with van der Waals surface area (Å²) in [4.78, 5) is 11.7. The van der Waals surface area contributed by atoms with Crippen molar-refractivity contribution < 1.29 is 9.53 Å². The third kappa shape index (κ3) is 16.3. The van der Waals surface area contributed by atoms with E-state index >= 15 is 0 Å². The number of unbranched alkanes of at least 4 members (excludes halogenated alkanes) is 12. The molecule has 0 radical (unpaired) electrons. The molecule has 138 valence electrons. The van der Waals surface area contributed by atoms with Gasteiger partial charge in [-0.25, -0.2) is 4.79 Å². The Bertz CT molecular complexity index is 262. The zero-order valence-electron chi connectivity index (χ0n) is 15.5. The highest BCUT2D eigenvalue weighted by molar-refractivity contribution is 7.78. The fourth-order valence-electron chi connectivity index (χ4n) is 2.60. The number of amides is 1. The molecule has 0 heterocycles. The fraction of sp³-hybridized carbons (Fsp3) is 0.947. The molecule has 0 aliphatic heterocycles. The first kappa shape index (κ1) is 22.6. The van der Waals surface area contributed by atoms with Gasteiger partial charge in [0.2, 0.25) is 0 Å². The van der Waals surface area contributed by atoms with Crippen molar-refractivity contribution in [2.24, 2.45) is 0 Å². The molecule has 0 saturated heterocycles. The van der Waals surface area contributed by atoms with Gasteiger partial charge >= 0.3 is 6.09 Å². The number of nitrogens with zero attached hydrogens (tertiary/aromatic N) is 1. The lowest BCUT2D eigenvalue weighted by molar-refractivity contribution is 0.126. The van der Waals surface area contributed by atoms with E-state index in [0.29, 0.717) is 13.2 Å². The van der Waals surface area contributed by atoms with Gasteiger partial charge in [-0.1, -0.05) is 104 Å². The second kappa shape index (κ2) is 18.0. The average molecular weight is 346 g/mol. The first-order chi connectivity index (χ1) is 11.2. The van der Waals surface area contributed by atoms with Crippen molar-refractivity contribution in [2.45, 2.75) is 104 Å². The van der Waals surface area contributed by atoms with Crippen molar-refractivity contribution in [2.75, 3.05) is 13.2 Å². The second-order valence-electron chi connectivity index (χ2n) is 6.48. The molecule has 23 heavy (non-hydrogen) atoms. The topological polar surface area (TPSA) is 29.5 Å². The van der Waals surface area contributed by atoms with Crippen LogP contribution in [0.5, 0.6) is 0 Å². The highest BCUT2D eigenvalue weighted by Crippen LogP contribution is 2.10. The van der Waals surface area contributed by atoms with Gasteiger partial charge in [0.1, 0.15) is 0 Å². The molecule has 0 atom stereocenters. The Labute approximate surface area is 150 Å². The molecule has 1 amide bonds. The number of rotatable bonds is 16. The van der Waals surface area contributed by atoms with Crippen molar-refractivity contribution in [3.05, 3.63) is 0 Å². The van der Waals surface area contributed by atoms with E-state index in [4.69, 9.17) is 4.74 Å². The van der Waals surface area contributed by atoms with E-state index in [1.165, 1.54) is 74.9 Å². The molecule has 0 fully saturated rings. The molecule has 0 bridgehead atoms. The number of hydrogen-bond acceptors (Lipinski definition) is 3. The summed E-state index contributed by atoms with van der Waals surface area (Å²) in [6.45, 7) is 5.68. The summed E-state index contributed by atoms with van der Waals surface area (Å²) in [5.74, 6) is 0. The summed E-state index contributed by atoms with van der Waals surface area (Å²) in [6.07, 6.45) is 17.1. The van der Waals surface area contributed by atoms with Crippen LogP contribution in [0.1, 0.15) is 104 Å². The van der Waals surface area contributed by atoms with Crippen LogP contribution >= 0.6 is 12.8 Å². The maximum atomic E-state index is 11.7. The molecule has 0 spiro atoms. The van der Waals surface area contributed by atoms with E-state index in [0.717, 1.165) is 19.3 Å². The number of hydrogen-bond donors (Lipinski definition) is 1. The quantitative estimate of drug-likeness (QED) is 0.247. The summed E-state index contributed by atoms with van der Waals surface area (Å²) < 4.78 is 6.68. The van der Waals surface area contributed by atoms with Gasteiger partial charge in [0.05, 0.1) is 6.61 Å². The standard InChI is InChI=1S/C19H39NO2S/c1-3-5-7-9-11-13-15-17-20(23)19(21)22-18-16-14-12-10-8-6-4-2/h23H,3-18H2,1-2H3. The summed E-state index contributed by atoms with van der Waals surface area (Å²) in [7, 11) is 0. The van der Waals surface area contributed by atoms with Crippen molar-refractivity contribution in [1.82, 2.24) is 4.31 Å². The molecule has 0 N–H and O–H groups in total. The van der Waals surface area contributed by atoms with Crippen LogP contribution in [-0.4, -0.2) is 23.6 Å². The van der Waals surface area contributed by atoms with Gasteiger partial charge in [0.25, 0.3) is 0 Å². The smallest absolute Gasteiger partial charge is 0.419 e. The van der Waals surface area contributed by atoms with E-state index in [1.807, 2.05) is 0 Å². The second-order valence-corrected chi connectivity index (χ2v) is 6.96. The first-order valence-corrected chi connectivity index (χ1v) is 10.3. The molecular weight excluding hydrogens is 306 g/mol. The van der Waals surface area contributed by atoms with Crippen molar-refractivity contribution in [1.29, 1.82) is 0 Å². The van der Waals surface area contributed by atoms with Crippen LogP contribution in [0.15, 0.2) is 0 Å². The Morgan fingerprint density at radius 2 is 1.17 bits per heavy atom. The van der Waals surface area contributed by atoms with E-state index < -0.39 is 0 Å². The molecule has 0 aromatic carbocycles. The van der Waals surface area contributed by atoms with E-state index in [2.05, 4.69) is 26.7 Å². The monoisotopic (exact) mass is 345 g/mol. The summed E-state index contributed by atoms with van der Waals surface area (Å²) >= 11 is 4.22. The minimum absolute atomic E-state index is 0.287. The number of ether oxygens (including phenoxy) is 1. The maximum Gasteiger partial charge on any atom is 0.419 e. The van der Waals surface area contributed by atoms with Crippen LogP contribution in [0, 0.1) is 0 Å². The van der Waals surface area contributed by atoms with Gasteiger partial charge in [-0.15, -0.1) is 0 Å². The molecule has 4 heteroatoms.